The Morgan fingerprint density at radius 2 is 1.94 bits per heavy atom. The van der Waals surface area contributed by atoms with Gasteiger partial charge in [0.15, 0.2) is 0 Å². The smallest absolute Gasteiger partial charge is 0.219 e. The number of hydrogen-bond acceptors (Lipinski definition) is 2. The van der Waals surface area contributed by atoms with Crippen molar-refractivity contribution < 1.29 is 4.79 Å². The Kier molecular flexibility index (Phi) is 7.23. The van der Waals surface area contributed by atoms with Gasteiger partial charge in [-0.25, -0.2) is 0 Å². The van der Waals surface area contributed by atoms with Gasteiger partial charge in [-0.1, -0.05) is 19.8 Å². The van der Waals surface area contributed by atoms with E-state index in [0.717, 1.165) is 32.4 Å². The number of piperidine rings is 1. The summed E-state index contributed by atoms with van der Waals surface area (Å²) >= 11 is 0. The number of nitrogens with one attached hydrogen (secondary N) is 1. The molecule has 94 valence electrons. The summed E-state index contributed by atoms with van der Waals surface area (Å²) in [6, 6.07) is 0. The molecule has 0 aromatic carbocycles. The third-order valence-corrected chi connectivity index (χ3v) is 3.18. The maximum absolute atomic E-state index is 11.3. The van der Waals surface area contributed by atoms with Crippen molar-refractivity contribution in [1.29, 1.82) is 0 Å². The lowest BCUT2D eigenvalue weighted by molar-refractivity contribution is -0.121. The second-order valence-corrected chi connectivity index (χ2v) is 4.71. The number of unbranched alkanes of at least 4 members (excludes halogenated alkanes) is 1. The molecule has 0 spiro atoms. The van der Waals surface area contributed by atoms with Gasteiger partial charge >= 0.3 is 0 Å². The number of rotatable bonds is 7. The third-order valence-electron chi connectivity index (χ3n) is 3.18. The van der Waals surface area contributed by atoms with Gasteiger partial charge in [0.25, 0.3) is 0 Å². The van der Waals surface area contributed by atoms with Crippen molar-refractivity contribution in [1.82, 2.24) is 10.2 Å². The van der Waals surface area contributed by atoms with E-state index in [1.54, 1.807) is 0 Å². The fourth-order valence-electron chi connectivity index (χ4n) is 2.14. The molecule has 0 unspecified atom stereocenters. The van der Waals surface area contributed by atoms with Gasteiger partial charge < -0.3 is 10.2 Å². The van der Waals surface area contributed by atoms with Crippen LogP contribution in [-0.4, -0.2) is 37.0 Å². The SMILES string of the molecule is CCCCC(=O)NCCCN1CCCCC1. The third kappa shape index (κ3) is 6.11. The Hall–Kier alpha value is -0.570. The van der Waals surface area contributed by atoms with Crippen molar-refractivity contribution >= 4 is 5.91 Å². The van der Waals surface area contributed by atoms with Crippen molar-refractivity contribution in [3.8, 4) is 0 Å². The van der Waals surface area contributed by atoms with Crippen LogP contribution in [0.4, 0.5) is 0 Å². The summed E-state index contributed by atoms with van der Waals surface area (Å²) in [5.41, 5.74) is 0. The molecule has 1 aliphatic rings. The van der Waals surface area contributed by atoms with Crippen LogP contribution < -0.4 is 5.32 Å². The first-order valence-corrected chi connectivity index (χ1v) is 6.82. The van der Waals surface area contributed by atoms with E-state index in [1.807, 2.05) is 0 Å². The molecule has 0 radical (unpaired) electrons. The van der Waals surface area contributed by atoms with Crippen LogP contribution in [0.25, 0.3) is 0 Å². The average molecular weight is 226 g/mol. The molecule has 1 aliphatic heterocycles. The Morgan fingerprint density at radius 3 is 2.62 bits per heavy atom. The monoisotopic (exact) mass is 226 g/mol. The summed E-state index contributed by atoms with van der Waals surface area (Å²) in [6.07, 6.45) is 7.99. The lowest BCUT2D eigenvalue weighted by atomic mass is 10.1. The number of carbonyl (C=O) groups is 1. The quantitative estimate of drug-likeness (QED) is 0.675. The van der Waals surface area contributed by atoms with Gasteiger partial charge in [-0.15, -0.1) is 0 Å². The topological polar surface area (TPSA) is 32.3 Å². The van der Waals surface area contributed by atoms with Crippen molar-refractivity contribution in [2.45, 2.75) is 51.9 Å². The maximum Gasteiger partial charge on any atom is 0.219 e. The predicted octanol–water partition coefficient (Wildman–Crippen LogP) is 2.17. The van der Waals surface area contributed by atoms with Gasteiger partial charge in [0.1, 0.15) is 0 Å². The van der Waals surface area contributed by atoms with Gasteiger partial charge in [-0.2, -0.15) is 0 Å². The van der Waals surface area contributed by atoms with E-state index < -0.39 is 0 Å². The normalized spacial score (nSPS) is 17.3. The van der Waals surface area contributed by atoms with E-state index in [-0.39, 0.29) is 5.91 Å². The molecule has 1 fully saturated rings. The number of hydrogen-bond donors (Lipinski definition) is 1. The highest BCUT2D eigenvalue weighted by atomic mass is 16.1. The Balaban J connectivity index is 1.92. The number of nitrogens with zero attached hydrogens (tertiary/aromatic N) is 1. The molecule has 0 aliphatic carbocycles. The van der Waals surface area contributed by atoms with Crippen molar-refractivity contribution in [3.05, 3.63) is 0 Å². The van der Waals surface area contributed by atoms with Crippen LogP contribution in [0.3, 0.4) is 0 Å². The van der Waals surface area contributed by atoms with Gasteiger partial charge in [0.05, 0.1) is 0 Å². The molecule has 1 saturated heterocycles. The zero-order chi connectivity index (χ0) is 11.6. The highest BCUT2D eigenvalue weighted by molar-refractivity contribution is 5.75. The Labute approximate surface area is 99.6 Å². The van der Waals surface area contributed by atoms with Crippen LogP contribution in [0.1, 0.15) is 51.9 Å². The molecule has 0 bridgehead atoms. The fraction of sp³-hybridized carbons (Fsp3) is 0.923. The largest absolute Gasteiger partial charge is 0.356 e. The summed E-state index contributed by atoms with van der Waals surface area (Å²) in [6.45, 7) is 6.62. The van der Waals surface area contributed by atoms with Crippen molar-refractivity contribution in [3.63, 3.8) is 0 Å². The summed E-state index contributed by atoms with van der Waals surface area (Å²) in [7, 11) is 0. The number of carbonyl (C=O) groups excluding carboxylic acids is 1. The van der Waals surface area contributed by atoms with Crippen LogP contribution >= 0.6 is 0 Å². The number of amides is 1. The van der Waals surface area contributed by atoms with Gasteiger partial charge in [0.2, 0.25) is 5.91 Å². The first-order valence-electron chi connectivity index (χ1n) is 6.82. The predicted molar refractivity (Wildman–Crippen MR) is 67.4 cm³/mol. The van der Waals surface area contributed by atoms with Gasteiger partial charge in [-0.3, -0.25) is 4.79 Å². The second-order valence-electron chi connectivity index (χ2n) is 4.71. The first-order chi connectivity index (χ1) is 7.83. The standard InChI is InChI=1S/C13H26N2O/c1-2-3-8-13(16)14-9-7-12-15-10-5-4-6-11-15/h2-12H2,1H3,(H,14,16). The zero-order valence-electron chi connectivity index (χ0n) is 10.6. The van der Waals surface area contributed by atoms with Crippen molar-refractivity contribution in [2.75, 3.05) is 26.2 Å². The Morgan fingerprint density at radius 1 is 1.19 bits per heavy atom. The molecule has 3 heteroatoms. The molecule has 0 atom stereocenters. The molecular weight excluding hydrogens is 200 g/mol. The van der Waals surface area contributed by atoms with Crippen LogP contribution in [0.15, 0.2) is 0 Å². The minimum Gasteiger partial charge on any atom is -0.356 e. The van der Waals surface area contributed by atoms with E-state index in [1.165, 1.54) is 32.4 Å². The van der Waals surface area contributed by atoms with E-state index in [4.69, 9.17) is 0 Å². The summed E-state index contributed by atoms with van der Waals surface area (Å²) in [5, 5.41) is 2.99. The van der Waals surface area contributed by atoms with Crippen LogP contribution in [0.5, 0.6) is 0 Å². The van der Waals surface area contributed by atoms with Crippen LogP contribution in [-0.2, 0) is 4.79 Å². The first kappa shape index (κ1) is 13.5. The molecule has 1 amide bonds. The van der Waals surface area contributed by atoms with Crippen LogP contribution in [0, 0.1) is 0 Å². The van der Waals surface area contributed by atoms with E-state index >= 15 is 0 Å². The summed E-state index contributed by atoms with van der Waals surface area (Å²) < 4.78 is 0. The van der Waals surface area contributed by atoms with Crippen molar-refractivity contribution in [2.24, 2.45) is 0 Å². The van der Waals surface area contributed by atoms with Gasteiger partial charge in [-0.05, 0) is 45.3 Å². The highest BCUT2D eigenvalue weighted by Gasteiger charge is 2.09. The highest BCUT2D eigenvalue weighted by Crippen LogP contribution is 2.08. The average Bonchev–Trinajstić information content (AvgIpc) is 2.33. The number of likely N-dealkylation sites (tertiary alicyclic amines) is 1. The van der Waals surface area contributed by atoms with Gasteiger partial charge in [0, 0.05) is 13.0 Å². The lowest BCUT2D eigenvalue weighted by Gasteiger charge is -2.26. The molecule has 1 heterocycles. The van der Waals surface area contributed by atoms with E-state index in [0.29, 0.717) is 6.42 Å². The molecular formula is C13H26N2O. The Bertz CT molecular complexity index is 188. The molecule has 0 aromatic rings. The van der Waals surface area contributed by atoms with E-state index in [9.17, 15) is 4.79 Å². The molecule has 0 saturated carbocycles. The minimum atomic E-state index is 0.223. The minimum absolute atomic E-state index is 0.223. The zero-order valence-corrected chi connectivity index (χ0v) is 10.6. The summed E-state index contributed by atoms with van der Waals surface area (Å²) in [4.78, 5) is 13.8. The molecule has 1 N–H and O–H groups in total. The summed E-state index contributed by atoms with van der Waals surface area (Å²) in [5.74, 6) is 0.223. The van der Waals surface area contributed by atoms with Crippen LogP contribution in [0.2, 0.25) is 0 Å². The second kappa shape index (κ2) is 8.57. The fourth-order valence-corrected chi connectivity index (χ4v) is 2.14. The molecule has 0 aromatic heterocycles. The molecule has 1 rings (SSSR count). The maximum atomic E-state index is 11.3. The lowest BCUT2D eigenvalue weighted by Crippen LogP contribution is -2.33. The molecule has 3 nitrogen and oxygen atoms in total. The van der Waals surface area contributed by atoms with E-state index in [2.05, 4.69) is 17.1 Å². The molecule has 16 heavy (non-hydrogen) atoms.